The van der Waals surface area contributed by atoms with Gasteiger partial charge in [-0.15, -0.1) is 0 Å². The number of allylic oxidation sites excluding steroid dienone is 2. The maximum Gasteiger partial charge on any atom is 0.235 e. The fourth-order valence-electron chi connectivity index (χ4n) is 6.91. The Labute approximate surface area is 331 Å². The monoisotopic (exact) mass is 822 g/mol. The number of aliphatic hydroxyl groups excluding tert-OH is 10. The third-order valence-electron chi connectivity index (χ3n) is 10.4. The van der Waals surface area contributed by atoms with Crippen LogP contribution in [0.5, 0.6) is 17.2 Å². The van der Waals surface area contributed by atoms with E-state index in [1.165, 1.54) is 26.2 Å². The van der Waals surface area contributed by atoms with Crippen molar-refractivity contribution in [3.8, 4) is 28.6 Å². The molecular weight excluding hydrogens is 772 g/mol. The van der Waals surface area contributed by atoms with Gasteiger partial charge >= 0.3 is 0 Å². The first-order valence-corrected chi connectivity index (χ1v) is 18.6. The molecule has 3 aliphatic heterocycles. The largest absolute Gasteiger partial charge is 0.497 e. The van der Waals surface area contributed by atoms with Crippen LogP contribution in [0, 0.1) is 0 Å². The van der Waals surface area contributed by atoms with E-state index in [0.717, 1.165) is 5.57 Å². The van der Waals surface area contributed by atoms with Gasteiger partial charge in [-0.25, -0.2) is 0 Å². The summed E-state index contributed by atoms with van der Waals surface area (Å²) in [6.45, 7) is 3.64. The molecular formula is C39H50O19. The smallest absolute Gasteiger partial charge is 0.235 e. The van der Waals surface area contributed by atoms with Gasteiger partial charge in [0.2, 0.25) is 23.8 Å². The van der Waals surface area contributed by atoms with Crippen LogP contribution >= 0.6 is 0 Å². The molecule has 58 heavy (non-hydrogen) atoms. The lowest BCUT2D eigenvalue weighted by atomic mass is 9.97. The molecule has 1 unspecified atom stereocenters. The van der Waals surface area contributed by atoms with Crippen molar-refractivity contribution in [3.63, 3.8) is 0 Å². The van der Waals surface area contributed by atoms with Crippen LogP contribution in [0.1, 0.15) is 26.3 Å². The van der Waals surface area contributed by atoms with Crippen LogP contribution in [-0.4, -0.2) is 164 Å². The van der Waals surface area contributed by atoms with Crippen LogP contribution in [0.2, 0.25) is 0 Å². The van der Waals surface area contributed by atoms with E-state index in [-0.39, 0.29) is 28.9 Å². The highest BCUT2D eigenvalue weighted by Crippen LogP contribution is 2.39. The Morgan fingerprint density at radius 1 is 0.707 bits per heavy atom. The van der Waals surface area contributed by atoms with Gasteiger partial charge in [0.05, 0.1) is 31.8 Å². The van der Waals surface area contributed by atoms with E-state index in [4.69, 9.17) is 37.6 Å². The van der Waals surface area contributed by atoms with Gasteiger partial charge in [0.1, 0.15) is 78.1 Å². The van der Waals surface area contributed by atoms with E-state index in [9.17, 15) is 55.9 Å². The van der Waals surface area contributed by atoms with Gasteiger partial charge in [0.25, 0.3) is 0 Å². The van der Waals surface area contributed by atoms with Crippen molar-refractivity contribution in [3.05, 3.63) is 63.8 Å². The molecule has 15 atom stereocenters. The summed E-state index contributed by atoms with van der Waals surface area (Å²) in [7, 11) is 1.46. The summed E-state index contributed by atoms with van der Waals surface area (Å²) >= 11 is 0. The lowest BCUT2D eigenvalue weighted by Crippen LogP contribution is -2.64. The third kappa shape index (κ3) is 8.60. The van der Waals surface area contributed by atoms with Gasteiger partial charge in [-0.05, 0) is 63.6 Å². The minimum absolute atomic E-state index is 0.00487. The molecule has 3 saturated heterocycles. The van der Waals surface area contributed by atoms with Crippen LogP contribution in [0.3, 0.4) is 0 Å². The van der Waals surface area contributed by atoms with Crippen LogP contribution < -0.4 is 19.6 Å². The molecule has 10 N–H and O–H groups in total. The fourth-order valence-corrected chi connectivity index (χ4v) is 6.91. The van der Waals surface area contributed by atoms with Crippen molar-refractivity contribution in [1.82, 2.24) is 0 Å². The Hall–Kier alpha value is -3.77. The first-order valence-electron chi connectivity index (χ1n) is 18.6. The Kier molecular flexibility index (Phi) is 13.8. The third-order valence-corrected chi connectivity index (χ3v) is 10.4. The molecule has 0 bridgehead atoms. The van der Waals surface area contributed by atoms with E-state index < -0.39 is 117 Å². The van der Waals surface area contributed by atoms with Crippen molar-refractivity contribution in [2.75, 3.05) is 20.3 Å². The van der Waals surface area contributed by atoms with Gasteiger partial charge in [0, 0.05) is 11.1 Å². The summed E-state index contributed by atoms with van der Waals surface area (Å²) in [6, 6.07) is 9.08. The van der Waals surface area contributed by atoms with Gasteiger partial charge in [0.15, 0.2) is 18.2 Å². The first kappa shape index (κ1) is 43.8. The summed E-state index contributed by atoms with van der Waals surface area (Å²) in [5, 5.41) is 104. The van der Waals surface area contributed by atoms with E-state index in [2.05, 4.69) is 0 Å². The highest BCUT2D eigenvalue weighted by atomic mass is 16.8. The average molecular weight is 823 g/mol. The number of ether oxygens (including phenoxy) is 7. The van der Waals surface area contributed by atoms with Gasteiger partial charge in [-0.3, -0.25) is 4.79 Å². The molecule has 4 heterocycles. The van der Waals surface area contributed by atoms with Crippen LogP contribution in [0.15, 0.2) is 57.3 Å². The number of fused-ring (bicyclic) bond motifs is 1. The Morgan fingerprint density at radius 3 is 1.90 bits per heavy atom. The van der Waals surface area contributed by atoms with Gasteiger partial charge in [-0.2, -0.15) is 0 Å². The first-order chi connectivity index (χ1) is 27.6. The number of benzene rings is 2. The second-order valence-corrected chi connectivity index (χ2v) is 14.6. The molecule has 3 aromatic rings. The average Bonchev–Trinajstić information content (AvgIpc) is 3.21. The number of hydrogen-bond donors (Lipinski definition) is 10. The molecule has 320 valence electrons. The maximum atomic E-state index is 14.7. The van der Waals surface area contributed by atoms with E-state index in [0.29, 0.717) is 16.9 Å². The maximum absolute atomic E-state index is 14.7. The standard InChI is InChI=1S/C39H50O19/c1-15(2)5-10-19-21(53-37-31(49)28(46)26(44)22(13-40)54-37)12-11-20-25(43)35(33(56-34(19)20)17-6-8-18(51-4)9-7-17)57-39-36(30(48)24(42)16(3)52-39)58-38-32(50)29(47)27(45)23(14-41)55-38/h5-9,11-12,16,22-24,26-32,36-42,44-50H,10,13-14H2,1-4H3/t16-,22-,23-,24+,26-,27-,28+,29-,30-,31-,32-,36?,37-,38+,39+/m1/s1. The van der Waals surface area contributed by atoms with E-state index in [1.807, 2.05) is 19.9 Å². The van der Waals surface area contributed by atoms with Crippen LogP contribution in [-0.2, 0) is 25.4 Å². The Bertz CT molecular complexity index is 1940. The molecule has 0 amide bonds. The quantitative estimate of drug-likeness (QED) is 0.0901. The highest BCUT2D eigenvalue weighted by molar-refractivity contribution is 5.86. The molecule has 0 saturated carbocycles. The normalized spacial score (nSPS) is 35.4. The van der Waals surface area contributed by atoms with Crippen LogP contribution in [0.4, 0.5) is 0 Å². The summed E-state index contributed by atoms with van der Waals surface area (Å²) in [4.78, 5) is 14.7. The molecule has 0 aliphatic carbocycles. The summed E-state index contributed by atoms with van der Waals surface area (Å²) in [6.07, 6.45) is -22.6. The molecule has 19 heteroatoms. The van der Waals surface area contributed by atoms with Crippen molar-refractivity contribution >= 4 is 11.0 Å². The molecule has 1 aromatic heterocycles. The van der Waals surface area contributed by atoms with Crippen molar-refractivity contribution < 1.29 is 88.6 Å². The summed E-state index contributed by atoms with van der Waals surface area (Å²) in [5.74, 6) is -0.0894. The van der Waals surface area contributed by atoms with E-state index in [1.54, 1.807) is 24.3 Å². The number of aliphatic hydroxyl groups is 10. The molecule has 19 nitrogen and oxygen atoms in total. The van der Waals surface area contributed by atoms with Gasteiger partial charge < -0.3 is 88.6 Å². The predicted octanol–water partition coefficient (Wildman–Crippen LogP) is -1.81. The number of rotatable bonds is 12. The fraction of sp³-hybridized carbons (Fsp3) is 0.564. The molecule has 3 aliphatic rings. The predicted molar refractivity (Wildman–Crippen MR) is 198 cm³/mol. The molecule has 0 spiro atoms. The molecule has 3 fully saturated rings. The molecule has 2 aromatic carbocycles. The van der Waals surface area contributed by atoms with Crippen molar-refractivity contribution in [2.24, 2.45) is 0 Å². The Morgan fingerprint density at radius 2 is 1.31 bits per heavy atom. The second-order valence-electron chi connectivity index (χ2n) is 14.6. The lowest BCUT2D eigenvalue weighted by Gasteiger charge is -2.45. The number of methoxy groups -OCH3 is 1. The summed E-state index contributed by atoms with van der Waals surface area (Å²) in [5.41, 5.74) is 0.708. The zero-order valence-electron chi connectivity index (χ0n) is 32.0. The van der Waals surface area contributed by atoms with Gasteiger partial charge in [-0.1, -0.05) is 11.6 Å². The second kappa shape index (κ2) is 18.2. The van der Waals surface area contributed by atoms with Crippen molar-refractivity contribution in [1.29, 1.82) is 0 Å². The molecule has 6 rings (SSSR count). The zero-order chi connectivity index (χ0) is 42.2. The Balaban J connectivity index is 1.47. The highest BCUT2D eigenvalue weighted by Gasteiger charge is 2.51. The van der Waals surface area contributed by atoms with Crippen LogP contribution in [0.25, 0.3) is 22.3 Å². The SMILES string of the molecule is COc1ccc(-c2oc3c(CC=C(C)C)c(O[C@@H]4O[C@H](CO)[C@@H](O)[C@H](O)[C@H]4O)ccc3c(=O)c2O[C@@H]2O[C@H](C)[C@H](O)[C@@H](O)C2O[C@@H]2O[C@H](CO)[C@@H](O)[C@@H](O)[C@H]2O)cc1. The minimum atomic E-state index is -1.90. The lowest BCUT2D eigenvalue weighted by molar-refractivity contribution is -0.355. The summed E-state index contributed by atoms with van der Waals surface area (Å²) < 4.78 is 47.0. The topological polar surface area (TPSA) is 297 Å². The number of hydrogen-bond acceptors (Lipinski definition) is 19. The zero-order valence-corrected chi connectivity index (χ0v) is 32.0. The van der Waals surface area contributed by atoms with Crippen molar-refractivity contribution in [2.45, 2.75) is 119 Å². The minimum Gasteiger partial charge on any atom is -0.497 e. The van der Waals surface area contributed by atoms with E-state index >= 15 is 0 Å². The molecule has 0 radical (unpaired) electrons.